The molecule has 0 atom stereocenters. The number of anilines is 1. The molecule has 1 heterocycles. The first-order chi connectivity index (χ1) is 13.6. The predicted molar refractivity (Wildman–Crippen MR) is 108 cm³/mol. The summed E-state index contributed by atoms with van der Waals surface area (Å²) in [7, 11) is 1.59. The van der Waals surface area contributed by atoms with E-state index < -0.39 is 5.91 Å². The van der Waals surface area contributed by atoms with Crippen molar-refractivity contribution in [1.82, 2.24) is 4.57 Å². The van der Waals surface area contributed by atoms with Crippen LogP contribution in [0.15, 0.2) is 71.7 Å². The molecule has 0 fully saturated rings. The Balaban J connectivity index is 1.77. The Bertz CT molecular complexity index is 1010. The lowest BCUT2D eigenvalue weighted by Gasteiger charge is -2.10. The van der Waals surface area contributed by atoms with Crippen LogP contribution in [0.5, 0.6) is 11.5 Å². The van der Waals surface area contributed by atoms with Crippen LogP contribution in [0, 0.1) is 0 Å². The maximum absolute atomic E-state index is 12.7. The SMILES string of the molecule is CCOc1ccc(NC(=O)c2cccn(Cc3cccc(OC)c3)c2=O)cc1. The molecule has 0 radical (unpaired) electrons. The van der Waals surface area contributed by atoms with E-state index in [1.54, 1.807) is 43.6 Å². The normalized spacial score (nSPS) is 10.4. The highest BCUT2D eigenvalue weighted by Crippen LogP contribution is 2.16. The van der Waals surface area contributed by atoms with Crippen LogP contribution in [-0.2, 0) is 6.54 Å². The smallest absolute Gasteiger partial charge is 0.263 e. The molecule has 3 aromatic rings. The molecule has 0 aliphatic rings. The second kappa shape index (κ2) is 8.90. The first-order valence-corrected chi connectivity index (χ1v) is 8.97. The van der Waals surface area contributed by atoms with Crippen molar-refractivity contribution in [2.75, 3.05) is 19.0 Å². The summed E-state index contributed by atoms with van der Waals surface area (Å²) >= 11 is 0. The van der Waals surface area contributed by atoms with Gasteiger partial charge in [-0.3, -0.25) is 9.59 Å². The Morgan fingerprint density at radius 1 is 1.04 bits per heavy atom. The zero-order valence-electron chi connectivity index (χ0n) is 15.8. The largest absolute Gasteiger partial charge is 0.497 e. The number of rotatable bonds is 7. The molecule has 6 nitrogen and oxygen atoms in total. The molecule has 0 aliphatic heterocycles. The van der Waals surface area contributed by atoms with Gasteiger partial charge in [0.1, 0.15) is 17.1 Å². The van der Waals surface area contributed by atoms with E-state index in [4.69, 9.17) is 9.47 Å². The Labute approximate surface area is 163 Å². The van der Waals surface area contributed by atoms with Crippen molar-refractivity contribution < 1.29 is 14.3 Å². The van der Waals surface area contributed by atoms with Gasteiger partial charge < -0.3 is 19.4 Å². The summed E-state index contributed by atoms with van der Waals surface area (Å²) in [5.74, 6) is 0.991. The molecule has 0 bridgehead atoms. The molecule has 0 aliphatic carbocycles. The number of amides is 1. The number of hydrogen-bond acceptors (Lipinski definition) is 4. The van der Waals surface area contributed by atoms with Gasteiger partial charge in [0.15, 0.2) is 0 Å². The van der Waals surface area contributed by atoms with E-state index in [-0.39, 0.29) is 11.1 Å². The van der Waals surface area contributed by atoms with E-state index in [2.05, 4.69) is 5.32 Å². The van der Waals surface area contributed by atoms with Crippen LogP contribution < -0.4 is 20.3 Å². The molecule has 1 N–H and O–H groups in total. The second-order valence-corrected chi connectivity index (χ2v) is 6.12. The first-order valence-electron chi connectivity index (χ1n) is 8.97. The van der Waals surface area contributed by atoms with Crippen LogP contribution in [0.4, 0.5) is 5.69 Å². The molecule has 6 heteroatoms. The van der Waals surface area contributed by atoms with Crippen molar-refractivity contribution in [1.29, 1.82) is 0 Å². The Morgan fingerprint density at radius 2 is 1.82 bits per heavy atom. The van der Waals surface area contributed by atoms with Crippen LogP contribution in [0.25, 0.3) is 0 Å². The minimum absolute atomic E-state index is 0.0827. The number of aromatic nitrogens is 1. The van der Waals surface area contributed by atoms with Crippen molar-refractivity contribution in [3.8, 4) is 11.5 Å². The first kappa shape index (κ1) is 19.2. The highest BCUT2D eigenvalue weighted by molar-refractivity contribution is 6.04. The fraction of sp³-hybridized carbons (Fsp3) is 0.182. The number of benzene rings is 2. The Hall–Kier alpha value is -3.54. The summed E-state index contributed by atoms with van der Waals surface area (Å²) < 4.78 is 12.1. The van der Waals surface area contributed by atoms with Crippen molar-refractivity contribution in [3.05, 3.63) is 88.3 Å². The number of pyridine rings is 1. The number of methoxy groups -OCH3 is 1. The summed E-state index contributed by atoms with van der Waals surface area (Å²) in [5.41, 5.74) is 1.23. The molecule has 28 heavy (non-hydrogen) atoms. The van der Waals surface area contributed by atoms with Crippen LogP contribution in [-0.4, -0.2) is 24.2 Å². The zero-order chi connectivity index (χ0) is 19.9. The Morgan fingerprint density at radius 3 is 2.54 bits per heavy atom. The minimum Gasteiger partial charge on any atom is -0.497 e. The van der Waals surface area contributed by atoms with E-state index in [1.165, 1.54) is 10.6 Å². The summed E-state index contributed by atoms with van der Waals surface area (Å²) in [5, 5.41) is 2.75. The van der Waals surface area contributed by atoms with Crippen LogP contribution in [0.2, 0.25) is 0 Å². The monoisotopic (exact) mass is 378 g/mol. The third kappa shape index (κ3) is 4.59. The number of nitrogens with zero attached hydrogens (tertiary/aromatic N) is 1. The van der Waals surface area contributed by atoms with Crippen molar-refractivity contribution in [2.24, 2.45) is 0 Å². The van der Waals surface area contributed by atoms with Gasteiger partial charge in [0.2, 0.25) is 0 Å². The average molecular weight is 378 g/mol. The molecular weight excluding hydrogens is 356 g/mol. The van der Waals surface area contributed by atoms with Gasteiger partial charge in [-0.2, -0.15) is 0 Å². The predicted octanol–water partition coefficient (Wildman–Crippen LogP) is 3.56. The highest BCUT2D eigenvalue weighted by Gasteiger charge is 2.13. The average Bonchev–Trinajstić information content (AvgIpc) is 2.71. The molecular formula is C22H22N2O4. The highest BCUT2D eigenvalue weighted by atomic mass is 16.5. The second-order valence-electron chi connectivity index (χ2n) is 6.12. The van der Waals surface area contributed by atoms with Gasteiger partial charge in [-0.05, 0) is 61.0 Å². The maximum atomic E-state index is 12.7. The van der Waals surface area contributed by atoms with Gasteiger partial charge >= 0.3 is 0 Å². The molecule has 0 spiro atoms. The van der Waals surface area contributed by atoms with Gasteiger partial charge in [0, 0.05) is 11.9 Å². The number of carbonyl (C=O) groups excluding carboxylic acids is 1. The zero-order valence-corrected chi connectivity index (χ0v) is 15.8. The van der Waals surface area contributed by atoms with Crippen LogP contribution in [0.1, 0.15) is 22.8 Å². The maximum Gasteiger partial charge on any atom is 0.263 e. The molecule has 0 unspecified atom stereocenters. The summed E-state index contributed by atoms with van der Waals surface area (Å²) in [4.78, 5) is 25.3. The summed E-state index contributed by atoms with van der Waals surface area (Å²) in [6.45, 7) is 2.82. The fourth-order valence-corrected chi connectivity index (χ4v) is 2.80. The van der Waals surface area contributed by atoms with Gasteiger partial charge in [-0.1, -0.05) is 12.1 Å². The van der Waals surface area contributed by atoms with E-state index >= 15 is 0 Å². The molecule has 144 valence electrons. The quantitative estimate of drug-likeness (QED) is 0.683. The number of hydrogen-bond donors (Lipinski definition) is 1. The van der Waals surface area contributed by atoms with Crippen molar-refractivity contribution in [2.45, 2.75) is 13.5 Å². The molecule has 3 rings (SSSR count). The standard InChI is InChI=1S/C22H22N2O4/c1-3-28-18-11-9-17(10-12-18)23-21(25)20-8-5-13-24(22(20)26)15-16-6-4-7-19(14-16)27-2/h4-14H,3,15H2,1-2H3,(H,23,25). The lowest BCUT2D eigenvalue weighted by Crippen LogP contribution is -2.29. The Kier molecular flexibility index (Phi) is 6.11. The summed E-state index contributed by atoms with van der Waals surface area (Å²) in [6.07, 6.45) is 1.66. The van der Waals surface area contributed by atoms with E-state index in [0.29, 0.717) is 18.8 Å². The number of carbonyl (C=O) groups is 1. The van der Waals surface area contributed by atoms with Gasteiger partial charge in [0.05, 0.1) is 20.3 Å². The molecule has 0 saturated carbocycles. The van der Waals surface area contributed by atoms with Crippen LogP contribution in [0.3, 0.4) is 0 Å². The molecule has 0 saturated heterocycles. The van der Waals surface area contributed by atoms with E-state index in [0.717, 1.165) is 17.1 Å². The molecule has 1 amide bonds. The van der Waals surface area contributed by atoms with Crippen molar-refractivity contribution in [3.63, 3.8) is 0 Å². The van der Waals surface area contributed by atoms with E-state index in [9.17, 15) is 9.59 Å². The third-order valence-electron chi connectivity index (χ3n) is 4.18. The van der Waals surface area contributed by atoms with Gasteiger partial charge in [-0.25, -0.2) is 0 Å². The molecule has 2 aromatic carbocycles. The number of ether oxygens (including phenoxy) is 2. The number of nitrogens with one attached hydrogen (secondary N) is 1. The van der Waals surface area contributed by atoms with Crippen LogP contribution >= 0.6 is 0 Å². The summed E-state index contributed by atoms with van der Waals surface area (Å²) in [6, 6.07) is 17.7. The topological polar surface area (TPSA) is 69.6 Å². The van der Waals surface area contributed by atoms with Gasteiger partial charge in [0.25, 0.3) is 11.5 Å². The fourth-order valence-electron chi connectivity index (χ4n) is 2.80. The lowest BCUT2D eigenvalue weighted by atomic mass is 10.2. The minimum atomic E-state index is -0.450. The van der Waals surface area contributed by atoms with Crippen molar-refractivity contribution >= 4 is 11.6 Å². The third-order valence-corrected chi connectivity index (χ3v) is 4.18. The molecule has 1 aromatic heterocycles. The lowest BCUT2D eigenvalue weighted by molar-refractivity contribution is 0.102. The van der Waals surface area contributed by atoms with E-state index in [1.807, 2.05) is 31.2 Å². The van der Waals surface area contributed by atoms with Gasteiger partial charge in [-0.15, -0.1) is 0 Å².